The Morgan fingerprint density at radius 2 is 1.88 bits per heavy atom. The molecule has 0 aliphatic heterocycles. The van der Waals surface area contributed by atoms with E-state index < -0.39 is 0 Å². The van der Waals surface area contributed by atoms with E-state index in [0.29, 0.717) is 24.5 Å². The molecule has 0 aliphatic rings. The number of aryl methyl sites for hydroxylation is 1. The van der Waals surface area contributed by atoms with E-state index in [4.69, 9.17) is 4.74 Å². The highest BCUT2D eigenvalue weighted by Crippen LogP contribution is 2.28. The zero-order chi connectivity index (χ0) is 17.6. The first-order chi connectivity index (χ1) is 12.2. The fourth-order valence-corrected chi connectivity index (χ4v) is 2.92. The summed E-state index contributed by atoms with van der Waals surface area (Å²) < 4.78 is 7.63. The van der Waals surface area contributed by atoms with Crippen molar-refractivity contribution in [2.75, 3.05) is 6.61 Å². The minimum Gasteiger partial charge on any atom is -0.493 e. The van der Waals surface area contributed by atoms with Gasteiger partial charge in [-0.2, -0.15) is 0 Å². The van der Waals surface area contributed by atoms with Crippen molar-refractivity contribution in [3.05, 3.63) is 70.8 Å². The van der Waals surface area contributed by atoms with Gasteiger partial charge >= 0.3 is 0 Å². The minimum atomic E-state index is 0.00519. The van der Waals surface area contributed by atoms with Crippen LogP contribution in [0.5, 0.6) is 5.75 Å². The van der Waals surface area contributed by atoms with Crippen LogP contribution in [0, 0.1) is 0 Å². The molecule has 1 atom stereocenters. The van der Waals surface area contributed by atoms with Gasteiger partial charge in [-0.05, 0) is 42.5 Å². The van der Waals surface area contributed by atoms with E-state index in [1.165, 1.54) is 5.56 Å². The summed E-state index contributed by atoms with van der Waals surface area (Å²) in [6.07, 6.45) is 3.46. The number of hydrogen-bond acceptors (Lipinski definition) is 3. The molecule has 0 fully saturated rings. The van der Waals surface area contributed by atoms with Gasteiger partial charge in [0, 0.05) is 6.54 Å². The average Bonchev–Trinajstić information content (AvgIpc) is 2.66. The Labute approximate surface area is 148 Å². The van der Waals surface area contributed by atoms with Crippen molar-refractivity contribution in [3.8, 4) is 5.75 Å². The van der Waals surface area contributed by atoms with Gasteiger partial charge < -0.3 is 4.74 Å². The molecule has 0 N–H and O–H groups in total. The average molecular weight is 336 g/mol. The summed E-state index contributed by atoms with van der Waals surface area (Å²) in [6, 6.07) is 15.6. The third-order valence-electron chi connectivity index (χ3n) is 4.59. The second kappa shape index (κ2) is 7.97. The molecule has 2 aromatic carbocycles. The van der Waals surface area contributed by atoms with Crippen molar-refractivity contribution in [2.24, 2.45) is 0 Å². The first-order valence-electron chi connectivity index (χ1n) is 8.86. The maximum Gasteiger partial charge on any atom is 0.261 e. The predicted molar refractivity (Wildman–Crippen MR) is 101 cm³/mol. The number of fused-ring (bicyclic) bond motifs is 1. The summed E-state index contributed by atoms with van der Waals surface area (Å²) >= 11 is 0. The number of aromatic nitrogens is 2. The van der Waals surface area contributed by atoms with Crippen molar-refractivity contribution >= 4 is 10.9 Å². The third-order valence-corrected chi connectivity index (χ3v) is 4.59. The van der Waals surface area contributed by atoms with Gasteiger partial charge in [-0.15, -0.1) is 0 Å². The Balaban J connectivity index is 1.63. The zero-order valence-corrected chi connectivity index (χ0v) is 14.8. The van der Waals surface area contributed by atoms with Crippen LogP contribution in [0.15, 0.2) is 59.7 Å². The van der Waals surface area contributed by atoms with E-state index in [1.807, 2.05) is 36.4 Å². The van der Waals surface area contributed by atoms with Crippen LogP contribution in [0.4, 0.5) is 0 Å². The van der Waals surface area contributed by atoms with E-state index in [2.05, 4.69) is 31.0 Å². The molecule has 130 valence electrons. The van der Waals surface area contributed by atoms with Gasteiger partial charge in [-0.25, -0.2) is 4.98 Å². The maximum absolute atomic E-state index is 12.5. The molecule has 25 heavy (non-hydrogen) atoms. The Morgan fingerprint density at radius 3 is 2.72 bits per heavy atom. The first kappa shape index (κ1) is 17.2. The standard InChI is InChI=1S/C21H24N2O2/c1-3-16(2)17-9-5-7-12-20(17)25-14-8-13-23-15-22-19-11-6-4-10-18(19)21(23)24/h4-7,9-12,15-16H,3,8,13-14H2,1-2H3/t16-/m1/s1. The lowest BCUT2D eigenvalue weighted by molar-refractivity contribution is 0.296. The molecule has 3 rings (SSSR count). The Kier molecular flexibility index (Phi) is 5.49. The van der Waals surface area contributed by atoms with Crippen LogP contribution in [-0.2, 0) is 6.54 Å². The van der Waals surface area contributed by atoms with Crippen LogP contribution in [-0.4, -0.2) is 16.2 Å². The summed E-state index contributed by atoms with van der Waals surface area (Å²) in [6.45, 7) is 5.57. The van der Waals surface area contributed by atoms with E-state index >= 15 is 0 Å². The smallest absolute Gasteiger partial charge is 0.261 e. The number of hydrogen-bond donors (Lipinski definition) is 0. The van der Waals surface area contributed by atoms with Crippen LogP contribution in [0.25, 0.3) is 10.9 Å². The number of rotatable bonds is 7. The van der Waals surface area contributed by atoms with Crippen molar-refractivity contribution in [3.63, 3.8) is 0 Å². The highest BCUT2D eigenvalue weighted by molar-refractivity contribution is 5.76. The molecule has 4 heteroatoms. The van der Waals surface area contributed by atoms with Crippen molar-refractivity contribution < 1.29 is 4.74 Å². The number of ether oxygens (including phenoxy) is 1. The summed E-state index contributed by atoms with van der Waals surface area (Å²) in [7, 11) is 0. The molecule has 3 aromatic rings. The molecule has 4 nitrogen and oxygen atoms in total. The Bertz CT molecular complexity index is 902. The second-order valence-corrected chi connectivity index (χ2v) is 6.31. The third kappa shape index (κ3) is 3.90. The predicted octanol–water partition coefficient (Wildman–Crippen LogP) is 4.38. The van der Waals surface area contributed by atoms with Crippen LogP contribution in [0.1, 0.15) is 38.2 Å². The number of para-hydroxylation sites is 2. The maximum atomic E-state index is 12.5. The molecule has 0 spiro atoms. The molecular weight excluding hydrogens is 312 g/mol. The van der Waals surface area contributed by atoms with Gasteiger partial charge in [0.15, 0.2) is 0 Å². The van der Waals surface area contributed by atoms with Gasteiger partial charge in [0.05, 0.1) is 23.8 Å². The van der Waals surface area contributed by atoms with E-state index in [9.17, 15) is 4.79 Å². The summed E-state index contributed by atoms with van der Waals surface area (Å²) in [5.74, 6) is 1.42. The largest absolute Gasteiger partial charge is 0.493 e. The molecule has 0 saturated heterocycles. The molecular formula is C21H24N2O2. The highest BCUT2D eigenvalue weighted by Gasteiger charge is 2.09. The first-order valence-corrected chi connectivity index (χ1v) is 8.86. The van der Waals surface area contributed by atoms with Gasteiger partial charge in [0.1, 0.15) is 5.75 Å². The topological polar surface area (TPSA) is 44.1 Å². The molecule has 0 radical (unpaired) electrons. The molecule has 0 saturated carbocycles. The van der Waals surface area contributed by atoms with Gasteiger partial charge in [0.25, 0.3) is 5.56 Å². The molecule has 1 heterocycles. The van der Waals surface area contributed by atoms with Crippen LogP contribution < -0.4 is 10.3 Å². The quantitative estimate of drug-likeness (QED) is 0.601. The summed E-state index contributed by atoms with van der Waals surface area (Å²) in [4.78, 5) is 16.8. The Morgan fingerprint density at radius 1 is 1.12 bits per heavy atom. The van der Waals surface area contributed by atoms with Crippen molar-refractivity contribution in [1.29, 1.82) is 0 Å². The van der Waals surface area contributed by atoms with Crippen LogP contribution in [0.3, 0.4) is 0 Å². The molecule has 0 bridgehead atoms. The molecule has 0 amide bonds. The lowest BCUT2D eigenvalue weighted by atomic mass is 9.98. The monoisotopic (exact) mass is 336 g/mol. The van der Waals surface area contributed by atoms with Crippen molar-refractivity contribution in [1.82, 2.24) is 9.55 Å². The lowest BCUT2D eigenvalue weighted by Crippen LogP contribution is -2.21. The van der Waals surface area contributed by atoms with Gasteiger partial charge in [0.2, 0.25) is 0 Å². The number of benzene rings is 2. The highest BCUT2D eigenvalue weighted by atomic mass is 16.5. The van der Waals surface area contributed by atoms with E-state index in [1.54, 1.807) is 10.9 Å². The SMILES string of the molecule is CC[C@@H](C)c1ccccc1OCCCn1cnc2ccccc2c1=O. The summed E-state index contributed by atoms with van der Waals surface area (Å²) in [5, 5.41) is 0.660. The summed E-state index contributed by atoms with van der Waals surface area (Å²) in [5.41, 5.74) is 1.99. The van der Waals surface area contributed by atoms with Gasteiger partial charge in [-0.3, -0.25) is 9.36 Å². The van der Waals surface area contributed by atoms with Crippen molar-refractivity contribution in [2.45, 2.75) is 39.2 Å². The lowest BCUT2D eigenvalue weighted by Gasteiger charge is -2.15. The molecule has 1 aromatic heterocycles. The fourth-order valence-electron chi connectivity index (χ4n) is 2.92. The fraction of sp³-hybridized carbons (Fsp3) is 0.333. The molecule has 0 unspecified atom stereocenters. The van der Waals surface area contributed by atoms with Gasteiger partial charge in [-0.1, -0.05) is 44.2 Å². The van der Waals surface area contributed by atoms with Crippen LogP contribution in [0.2, 0.25) is 0 Å². The van der Waals surface area contributed by atoms with E-state index in [-0.39, 0.29) is 5.56 Å². The minimum absolute atomic E-state index is 0.00519. The van der Waals surface area contributed by atoms with E-state index in [0.717, 1.165) is 24.1 Å². The van der Waals surface area contributed by atoms with Crippen LogP contribution >= 0.6 is 0 Å². The zero-order valence-electron chi connectivity index (χ0n) is 14.8. The number of nitrogens with zero attached hydrogens (tertiary/aromatic N) is 2. The molecule has 0 aliphatic carbocycles. The normalized spacial score (nSPS) is 12.2. The Hall–Kier alpha value is -2.62. The second-order valence-electron chi connectivity index (χ2n) is 6.31.